The first-order valence-corrected chi connectivity index (χ1v) is 5.67. The summed E-state index contributed by atoms with van der Waals surface area (Å²) in [4.78, 5) is 2.47. The second-order valence-corrected chi connectivity index (χ2v) is 5.06. The van der Waals surface area contributed by atoms with Crippen molar-refractivity contribution in [3.63, 3.8) is 0 Å². The Kier molecular flexibility index (Phi) is 2.61. The fourth-order valence-corrected chi connectivity index (χ4v) is 3.18. The van der Waals surface area contributed by atoms with E-state index in [0.717, 1.165) is 0 Å². The van der Waals surface area contributed by atoms with E-state index in [4.69, 9.17) is 5.73 Å². The molecule has 0 bridgehead atoms. The highest BCUT2D eigenvalue weighted by Crippen LogP contribution is 2.42. The predicted octanol–water partition coefficient (Wildman–Crippen LogP) is 1.60. The minimum absolute atomic E-state index is 0.476. The van der Waals surface area contributed by atoms with E-state index in [1.54, 1.807) is 0 Å². The zero-order chi connectivity index (χ0) is 9.31. The van der Waals surface area contributed by atoms with Crippen molar-refractivity contribution in [3.8, 4) is 0 Å². The molecule has 1 atom stereocenters. The van der Waals surface area contributed by atoms with Crippen LogP contribution >= 0.6 is 0 Å². The molecular formula is C11H22N2. The first kappa shape index (κ1) is 9.47. The van der Waals surface area contributed by atoms with E-state index in [-0.39, 0.29) is 0 Å². The van der Waals surface area contributed by atoms with E-state index in [2.05, 4.69) is 11.9 Å². The summed E-state index contributed by atoms with van der Waals surface area (Å²) in [5.74, 6) is 0. The summed E-state index contributed by atoms with van der Waals surface area (Å²) in [5, 5.41) is 0. The molecule has 1 spiro atoms. The molecule has 0 radical (unpaired) electrons. The van der Waals surface area contributed by atoms with Crippen molar-refractivity contribution in [1.82, 2.24) is 4.90 Å². The van der Waals surface area contributed by atoms with E-state index in [1.807, 2.05) is 0 Å². The van der Waals surface area contributed by atoms with Gasteiger partial charge in [0.1, 0.15) is 0 Å². The van der Waals surface area contributed by atoms with Crippen LogP contribution in [0.25, 0.3) is 0 Å². The third kappa shape index (κ3) is 1.75. The summed E-state index contributed by atoms with van der Waals surface area (Å²) in [6, 6.07) is 0.476. The van der Waals surface area contributed by atoms with Gasteiger partial charge in [-0.1, -0.05) is 19.3 Å². The van der Waals surface area contributed by atoms with Crippen molar-refractivity contribution in [3.05, 3.63) is 0 Å². The Morgan fingerprint density at radius 2 is 1.92 bits per heavy atom. The Labute approximate surface area is 81.5 Å². The van der Waals surface area contributed by atoms with Crippen LogP contribution in [0.5, 0.6) is 0 Å². The highest BCUT2D eigenvalue weighted by atomic mass is 15.1. The van der Waals surface area contributed by atoms with E-state index in [1.165, 1.54) is 51.6 Å². The molecule has 1 saturated heterocycles. The van der Waals surface area contributed by atoms with E-state index in [0.29, 0.717) is 11.5 Å². The van der Waals surface area contributed by atoms with Gasteiger partial charge in [-0.2, -0.15) is 0 Å². The summed E-state index contributed by atoms with van der Waals surface area (Å²) >= 11 is 0. The van der Waals surface area contributed by atoms with Crippen LogP contribution in [-0.4, -0.2) is 31.1 Å². The number of likely N-dealkylation sites (tertiary alicyclic amines) is 1. The summed E-state index contributed by atoms with van der Waals surface area (Å²) in [5.41, 5.74) is 6.77. The fourth-order valence-electron chi connectivity index (χ4n) is 3.18. The highest BCUT2D eigenvalue weighted by molar-refractivity contribution is 4.96. The van der Waals surface area contributed by atoms with Crippen LogP contribution < -0.4 is 5.73 Å². The quantitative estimate of drug-likeness (QED) is 0.616. The molecule has 0 aromatic carbocycles. The zero-order valence-electron chi connectivity index (χ0n) is 8.76. The third-order valence-corrected chi connectivity index (χ3v) is 4.04. The van der Waals surface area contributed by atoms with Crippen molar-refractivity contribution in [1.29, 1.82) is 0 Å². The summed E-state index contributed by atoms with van der Waals surface area (Å²) < 4.78 is 0. The molecule has 1 unspecified atom stereocenters. The second kappa shape index (κ2) is 3.58. The van der Waals surface area contributed by atoms with E-state index >= 15 is 0 Å². The predicted molar refractivity (Wildman–Crippen MR) is 55.6 cm³/mol. The van der Waals surface area contributed by atoms with Gasteiger partial charge < -0.3 is 10.6 Å². The Balaban J connectivity index is 2.07. The minimum Gasteiger partial charge on any atom is -0.327 e. The maximum absolute atomic E-state index is 6.28. The average molecular weight is 182 g/mol. The molecule has 76 valence electrons. The maximum Gasteiger partial charge on any atom is 0.0120 e. The van der Waals surface area contributed by atoms with Gasteiger partial charge in [0.25, 0.3) is 0 Å². The van der Waals surface area contributed by atoms with E-state index in [9.17, 15) is 0 Å². The zero-order valence-corrected chi connectivity index (χ0v) is 8.76. The molecule has 1 saturated carbocycles. The maximum atomic E-state index is 6.28. The molecule has 0 aromatic rings. The van der Waals surface area contributed by atoms with Crippen molar-refractivity contribution in [2.45, 2.75) is 44.6 Å². The molecular weight excluding hydrogens is 160 g/mol. The lowest BCUT2D eigenvalue weighted by Gasteiger charge is -2.48. The van der Waals surface area contributed by atoms with Crippen LogP contribution in [-0.2, 0) is 0 Å². The topological polar surface area (TPSA) is 29.3 Å². The van der Waals surface area contributed by atoms with Gasteiger partial charge in [0.15, 0.2) is 0 Å². The largest absolute Gasteiger partial charge is 0.327 e. The van der Waals surface area contributed by atoms with Crippen molar-refractivity contribution in [2.75, 3.05) is 20.1 Å². The Morgan fingerprint density at radius 1 is 1.23 bits per heavy atom. The van der Waals surface area contributed by atoms with Crippen LogP contribution in [0, 0.1) is 5.41 Å². The van der Waals surface area contributed by atoms with Gasteiger partial charge in [-0.05, 0) is 38.3 Å². The van der Waals surface area contributed by atoms with Crippen LogP contribution in [0.2, 0.25) is 0 Å². The van der Waals surface area contributed by atoms with Crippen LogP contribution in [0.3, 0.4) is 0 Å². The normalized spacial score (nSPS) is 35.1. The number of nitrogens with two attached hydrogens (primary N) is 1. The molecule has 2 aliphatic rings. The molecule has 13 heavy (non-hydrogen) atoms. The molecule has 2 rings (SSSR count). The van der Waals surface area contributed by atoms with Gasteiger partial charge in [0.05, 0.1) is 0 Å². The van der Waals surface area contributed by atoms with Gasteiger partial charge in [-0.3, -0.25) is 0 Å². The summed E-state index contributed by atoms with van der Waals surface area (Å²) in [6.07, 6.45) is 8.19. The lowest BCUT2D eigenvalue weighted by molar-refractivity contribution is 0.0469. The fraction of sp³-hybridized carbons (Fsp3) is 1.00. The Morgan fingerprint density at radius 3 is 2.62 bits per heavy atom. The highest BCUT2D eigenvalue weighted by Gasteiger charge is 2.40. The Hall–Kier alpha value is -0.0800. The van der Waals surface area contributed by atoms with Crippen molar-refractivity contribution >= 4 is 0 Å². The molecule has 2 heteroatoms. The van der Waals surface area contributed by atoms with Gasteiger partial charge in [0, 0.05) is 12.6 Å². The lowest BCUT2D eigenvalue weighted by Crippen LogP contribution is -2.55. The molecule has 1 heterocycles. The van der Waals surface area contributed by atoms with Crippen LogP contribution in [0.4, 0.5) is 0 Å². The first-order chi connectivity index (χ1) is 6.23. The van der Waals surface area contributed by atoms with Crippen molar-refractivity contribution < 1.29 is 0 Å². The van der Waals surface area contributed by atoms with Gasteiger partial charge in [-0.25, -0.2) is 0 Å². The van der Waals surface area contributed by atoms with Gasteiger partial charge in [0.2, 0.25) is 0 Å². The van der Waals surface area contributed by atoms with Gasteiger partial charge in [-0.15, -0.1) is 0 Å². The standard InChI is InChI=1S/C11H22N2/c1-13-8-5-10(12)11(9-13)6-3-2-4-7-11/h10H,2-9,12H2,1H3. The number of piperidine rings is 1. The molecule has 2 N–H and O–H groups in total. The minimum atomic E-state index is 0.476. The molecule has 0 aromatic heterocycles. The summed E-state index contributed by atoms with van der Waals surface area (Å²) in [6.45, 7) is 2.44. The SMILES string of the molecule is CN1CCC(N)C2(CCCCC2)C1. The molecule has 2 fully saturated rings. The Bertz CT molecular complexity index is 173. The van der Waals surface area contributed by atoms with Crippen LogP contribution in [0.1, 0.15) is 38.5 Å². The molecule has 0 amide bonds. The summed E-state index contributed by atoms with van der Waals surface area (Å²) in [7, 11) is 2.24. The number of nitrogens with zero attached hydrogens (tertiary/aromatic N) is 1. The molecule has 2 nitrogen and oxygen atoms in total. The third-order valence-electron chi connectivity index (χ3n) is 4.04. The number of rotatable bonds is 0. The molecule has 1 aliphatic carbocycles. The van der Waals surface area contributed by atoms with Gasteiger partial charge >= 0.3 is 0 Å². The van der Waals surface area contributed by atoms with Crippen molar-refractivity contribution in [2.24, 2.45) is 11.1 Å². The van der Waals surface area contributed by atoms with Crippen LogP contribution in [0.15, 0.2) is 0 Å². The lowest BCUT2D eigenvalue weighted by atomic mass is 9.66. The smallest absolute Gasteiger partial charge is 0.0120 e. The number of hydrogen-bond acceptors (Lipinski definition) is 2. The number of hydrogen-bond donors (Lipinski definition) is 1. The average Bonchev–Trinajstić information content (AvgIpc) is 2.14. The molecule has 1 aliphatic heterocycles. The van der Waals surface area contributed by atoms with E-state index < -0.39 is 0 Å². The first-order valence-electron chi connectivity index (χ1n) is 5.67. The monoisotopic (exact) mass is 182 g/mol. The second-order valence-electron chi connectivity index (χ2n) is 5.06.